The number of nitrogens with zero attached hydrogens (tertiary/aromatic N) is 3. The highest BCUT2D eigenvalue weighted by molar-refractivity contribution is 6.00. The first kappa shape index (κ1) is 74.5. The normalized spacial score (nSPS) is 11.5. The van der Waals surface area contributed by atoms with Gasteiger partial charge in [0.2, 0.25) is 35.4 Å². The largest absolute Gasteiger partial charge is 0.508 e. The zero-order chi connectivity index (χ0) is 69.5. The molecular formula is C62H77F3N18O11. The number of amides is 6. The fraction of sp³-hybridized carbons (Fsp3) is 0.258. The predicted molar refractivity (Wildman–Crippen MR) is 352 cm³/mol. The molecule has 6 aromatic rings. The number of primary amides is 3. The van der Waals surface area contributed by atoms with Crippen LogP contribution in [0, 0.1) is 0 Å². The van der Waals surface area contributed by atoms with Gasteiger partial charge in [-0.05, 0) is 140 Å². The highest BCUT2D eigenvalue weighted by Gasteiger charge is 2.32. The zero-order valence-electron chi connectivity index (χ0n) is 50.7. The second kappa shape index (κ2) is 37.2. The van der Waals surface area contributed by atoms with Gasteiger partial charge in [0.05, 0.1) is 64.5 Å². The van der Waals surface area contributed by atoms with Crippen molar-refractivity contribution in [3.8, 4) is 17.2 Å². The van der Waals surface area contributed by atoms with Gasteiger partial charge in [-0.25, -0.2) is 4.79 Å². The Kier molecular flexibility index (Phi) is 29.5. The third-order valence-electron chi connectivity index (χ3n) is 13.1. The summed E-state index contributed by atoms with van der Waals surface area (Å²) in [6.07, 6.45) is -2.29. The lowest BCUT2D eigenvalue weighted by molar-refractivity contribution is -0.137. The molecule has 0 aliphatic heterocycles. The van der Waals surface area contributed by atoms with E-state index < -0.39 is 65.4 Å². The summed E-state index contributed by atoms with van der Waals surface area (Å²) in [5, 5.41) is 54.1. The van der Waals surface area contributed by atoms with Crippen molar-refractivity contribution in [2.24, 2.45) is 66.6 Å². The third-order valence-corrected chi connectivity index (χ3v) is 13.1. The Labute approximate surface area is 537 Å². The van der Waals surface area contributed by atoms with Crippen LogP contribution in [-0.2, 0) is 54.2 Å². The van der Waals surface area contributed by atoms with E-state index in [9.17, 15) is 67.2 Å². The molecule has 0 aliphatic carbocycles. The summed E-state index contributed by atoms with van der Waals surface area (Å²) in [5.41, 5.74) is 50.5. The average Bonchev–Trinajstić information content (AvgIpc) is 0.836. The van der Waals surface area contributed by atoms with Crippen LogP contribution < -0.4 is 83.5 Å². The van der Waals surface area contributed by atoms with E-state index in [0.717, 1.165) is 23.8 Å². The first-order valence-corrected chi connectivity index (χ1v) is 28.7. The number of para-hydroxylation sites is 2. The van der Waals surface area contributed by atoms with Gasteiger partial charge in [-0.2, -0.15) is 13.2 Å². The number of aromatic carboxylic acids is 1. The Balaban J connectivity index is 0.000000301. The van der Waals surface area contributed by atoms with Crippen LogP contribution in [-0.4, -0.2) is 117 Å². The minimum atomic E-state index is -4.64. The maximum Gasteiger partial charge on any atom is 0.416 e. The summed E-state index contributed by atoms with van der Waals surface area (Å²) in [5.74, 6) is -4.22. The quantitative estimate of drug-likeness (QED) is 0.0168. The number of carbonyl (C=O) groups excluding carboxylic acids is 6. The summed E-state index contributed by atoms with van der Waals surface area (Å²) in [4.78, 5) is 95.8. The minimum absolute atomic E-state index is 0.00438. The van der Waals surface area contributed by atoms with Crippen molar-refractivity contribution in [3.05, 3.63) is 161 Å². The lowest BCUT2D eigenvalue weighted by atomic mass is 10.1. The van der Waals surface area contributed by atoms with E-state index in [-0.39, 0.29) is 95.9 Å². The number of hydrogen-bond donors (Lipinski definition) is 19. The number of hydrogen-bond acceptors (Lipinski definition) is 16. The lowest BCUT2D eigenvalue weighted by Crippen LogP contribution is -2.36. The molecule has 6 amide bonds. The van der Waals surface area contributed by atoms with Crippen LogP contribution >= 0.6 is 0 Å². The van der Waals surface area contributed by atoms with E-state index in [1.54, 1.807) is 48.5 Å². The standard InChI is InChI=1S/C21H25F3N6O3.C21H26N6O5.C20H26N6O3/c22-21(23,24)13-5-8-15(29-16(19(25)33)2-1-9-28-20(26)27)17(11-13)30-18(32)10-12-3-6-14(31)7-4-12;22-19(30)16(2-1-9-25-21(23)24)26-15-8-5-13(20(31)32)11-17(15)27-18(29)10-12-3-6-14(28)7-4-12;21-19(29)17(6-3-11-24-20(22)23)25-15-4-1-2-5-16(15)26-18(28)12-13-7-9-14(27)10-8-13/h3-8,11,16,29,31H,1-2,9-10H2,(H2,25,33)(H,30,32)(H4,26,27,28);3-8,11,16,26,28H,1-2,9-10H2,(H2,22,30)(H,27,29)(H,31,32)(H4,23,24,25);1-2,4-5,7-10,17,25,27H,3,6,11-12H2,(H2,21,29)(H,26,28)(H4,22,23,24). The number of carboxylic acids is 1. The summed E-state index contributed by atoms with van der Waals surface area (Å²) < 4.78 is 39.7. The van der Waals surface area contributed by atoms with Gasteiger partial charge in [0.15, 0.2) is 17.9 Å². The molecule has 0 aliphatic rings. The molecule has 6 rings (SSSR count). The smallest absolute Gasteiger partial charge is 0.416 e. The summed E-state index contributed by atoms with van der Waals surface area (Å²) in [6.45, 7) is 0.928. The van der Waals surface area contributed by atoms with E-state index in [2.05, 4.69) is 46.9 Å². The number of alkyl halides is 3. The van der Waals surface area contributed by atoms with Crippen molar-refractivity contribution < 1.29 is 67.2 Å². The van der Waals surface area contributed by atoms with Crippen molar-refractivity contribution in [1.82, 2.24) is 0 Å². The van der Waals surface area contributed by atoms with Gasteiger partial charge < -0.3 is 104 Å². The molecule has 32 heteroatoms. The van der Waals surface area contributed by atoms with Gasteiger partial charge in [0.25, 0.3) is 0 Å². The highest BCUT2D eigenvalue weighted by Crippen LogP contribution is 2.35. The number of aliphatic imine (C=N–C) groups is 3. The van der Waals surface area contributed by atoms with Crippen LogP contribution in [0.25, 0.3) is 0 Å². The number of carbonyl (C=O) groups is 7. The van der Waals surface area contributed by atoms with Gasteiger partial charge in [0.1, 0.15) is 35.4 Å². The summed E-state index contributed by atoms with van der Waals surface area (Å²) in [6, 6.07) is 29.8. The molecule has 6 aromatic carbocycles. The number of phenols is 3. The number of anilines is 6. The number of halogens is 3. The summed E-state index contributed by atoms with van der Waals surface area (Å²) >= 11 is 0. The monoisotopic (exact) mass is 1310 g/mol. The Morgan fingerprint density at radius 3 is 1.03 bits per heavy atom. The van der Waals surface area contributed by atoms with Gasteiger partial charge >= 0.3 is 12.1 Å². The van der Waals surface area contributed by atoms with E-state index in [1.807, 2.05) is 0 Å². The van der Waals surface area contributed by atoms with Crippen molar-refractivity contribution >= 4 is 93.4 Å². The van der Waals surface area contributed by atoms with Crippen LogP contribution in [0.2, 0.25) is 0 Å². The number of phenolic OH excluding ortho intramolecular Hbond substituents is 3. The molecule has 0 radical (unpaired) electrons. The highest BCUT2D eigenvalue weighted by atomic mass is 19.4. The second-order valence-corrected chi connectivity index (χ2v) is 20.7. The fourth-order valence-corrected chi connectivity index (χ4v) is 8.49. The molecule has 29 nitrogen and oxygen atoms in total. The summed E-state index contributed by atoms with van der Waals surface area (Å²) in [7, 11) is 0. The maximum absolute atomic E-state index is 13.2. The SMILES string of the molecule is NC(=O)C(CCCN=C(N)N)Nc1ccc(C(=O)O)cc1NC(=O)Cc1ccc(O)cc1.NC(=O)C(CCCN=C(N)N)Nc1ccc(C(F)(F)F)cc1NC(=O)Cc1ccc(O)cc1.NC(=O)C(CCCN=C(N)N)Nc1ccccc1NC(=O)Cc1ccc(O)cc1. The Hall–Kier alpha value is -12.0. The first-order valence-electron chi connectivity index (χ1n) is 28.7. The Bertz CT molecular complexity index is 3620. The van der Waals surface area contributed by atoms with Crippen LogP contribution in [0.3, 0.4) is 0 Å². The van der Waals surface area contributed by atoms with Gasteiger partial charge in [-0.15, -0.1) is 0 Å². The van der Waals surface area contributed by atoms with Crippen molar-refractivity contribution in [1.29, 1.82) is 0 Å². The molecule has 0 bridgehead atoms. The molecule has 3 unspecified atom stereocenters. The van der Waals surface area contributed by atoms with Crippen molar-refractivity contribution in [2.45, 2.75) is 82.1 Å². The number of rotatable bonds is 31. The molecule has 0 aromatic heterocycles. The van der Waals surface area contributed by atoms with Crippen LogP contribution in [0.4, 0.5) is 47.3 Å². The van der Waals surface area contributed by atoms with Gasteiger partial charge in [-0.3, -0.25) is 43.7 Å². The Morgan fingerprint density at radius 2 is 0.713 bits per heavy atom. The second-order valence-electron chi connectivity index (χ2n) is 20.7. The molecule has 94 heavy (non-hydrogen) atoms. The number of nitrogens with one attached hydrogen (secondary N) is 6. The third kappa shape index (κ3) is 27.8. The molecule has 3 atom stereocenters. The van der Waals surface area contributed by atoms with E-state index >= 15 is 0 Å². The molecule has 0 spiro atoms. The molecule has 0 fully saturated rings. The van der Waals surface area contributed by atoms with Crippen LogP contribution in [0.15, 0.2) is 148 Å². The molecule has 502 valence electrons. The number of nitrogens with two attached hydrogens (primary N) is 9. The molecular weight excluding hydrogens is 1230 g/mol. The van der Waals surface area contributed by atoms with E-state index in [0.29, 0.717) is 73.4 Å². The Morgan fingerprint density at radius 1 is 0.404 bits per heavy atom. The fourth-order valence-electron chi connectivity index (χ4n) is 8.49. The van der Waals surface area contributed by atoms with Crippen molar-refractivity contribution in [3.63, 3.8) is 0 Å². The van der Waals surface area contributed by atoms with Crippen LogP contribution in [0.5, 0.6) is 17.2 Å². The number of aromatic hydroxyl groups is 3. The number of guanidine groups is 3. The predicted octanol–water partition coefficient (Wildman–Crippen LogP) is 3.40. The first-order chi connectivity index (χ1) is 44.4. The zero-order valence-corrected chi connectivity index (χ0v) is 50.7. The van der Waals surface area contributed by atoms with Crippen LogP contribution in [0.1, 0.15) is 71.1 Å². The van der Waals surface area contributed by atoms with Crippen molar-refractivity contribution in [2.75, 3.05) is 51.5 Å². The van der Waals surface area contributed by atoms with E-state index in [4.69, 9.17) is 51.6 Å². The van der Waals surface area contributed by atoms with Gasteiger partial charge in [-0.1, -0.05) is 48.5 Å². The topological polar surface area (TPSA) is 544 Å². The average molecular weight is 1310 g/mol. The molecule has 0 heterocycles. The lowest BCUT2D eigenvalue weighted by Gasteiger charge is -2.20. The number of carboxylic acid groups (broad SMARTS) is 1. The maximum atomic E-state index is 13.2. The minimum Gasteiger partial charge on any atom is -0.508 e. The van der Waals surface area contributed by atoms with E-state index in [1.165, 1.54) is 66.7 Å². The molecule has 0 saturated carbocycles. The molecule has 28 N–H and O–H groups in total. The van der Waals surface area contributed by atoms with Gasteiger partial charge in [0, 0.05) is 19.6 Å². The number of benzene rings is 6. The molecule has 0 saturated heterocycles.